The fourth-order valence-corrected chi connectivity index (χ4v) is 5.96. The molecule has 0 saturated carbocycles. The molecule has 188 valence electrons. The predicted molar refractivity (Wildman–Crippen MR) is 147 cm³/mol. The van der Waals surface area contributed by atoms with Crippen molar-refractivity contribution >= 4 is 11.8 Å². The van der Waals surface area contributed by atoms with Crippen molar-refractivity contribution in [1.29, 1.82) is 5.26 Å². The Morgan fingerprint density at radius 2 is 1.58 bits per heavy atom. The topological polar surface area (TPSA) is 65.4 Å². The molecule has 0 unspecified atom stereocenters. The Hall–Kier alpha value is -4.56. The summed E-state index contributed by atoms with van der Waals surface area (Å²) in [7, 11) is 0. The van der Waals surface area contributed by atoms with E-state index in [2.05, 4.69) is 76.9 Å². The molecule has 0 saturated heterocycles. The summed E-state index contributed by atoms with van der Waals surface area (Å²) in [6.07, 6.45) is 2.28. The van der Waals surface area contributed by atoms with Gasteiger partial charge in [-0.25, -0.2) is 4.79 Å². The lowest BCUT2D eigenvalue weighted by Gasteiger charge is -2.50. The first-order chi connectivity index (χ1) is 18.7. The van der Waals surface area contributed by atoms with Gasteiger partial charge in [-0.15, -0.1) is 0 Å². The third-order valence-electron chi connectivity index (χ3n) is 7.72. The summed E-state index contributed by atoms with van der Waals surface area (Å²) in [5.41, 5.74) is 7.67. The van der Waals surface area contributed by atoms with E-state index in [-0.39, 0.29) is 24.7 Å². The molecule has 0 fully saturated rings. The average molecular weight is 500 g/mol. The van der Waals surface area contributed by atoms with Crippen molar-refractivity contribution in [3.8, 4) is 6.07 Å². The number of aryl methyl sites for hydroxylation is 1. The molecule has 4 aromatic carbocycles. The molecule has 1 amide bonds. The fourth-order valence-electron chi connectivity index (χ4n) is 5.96. The maximum absolute atomic E-state index is 13.0. The van der Waals surface area contributed by atoms with Crippen LogP contribution in [-0.4, -0.2) is 6.09 Å². The van der Waals surface area contributed by atoms with E-state index in [9.17, 15) is 10.1 Å². The van der Waals surface area contributed by atoms with E-state index in [4.69, 9.17) is 4.74 Å². The second kappa shape index (κ2) is 10.4. The number of rotatable bonds is 5. The van der Waals surface area contributed by atoms with Crippen molar-refractivity contribution in [3.63, 3.8) is 0 Å². The third kappa shape index (κ3) is 4.62. The van der Waals surface area contributed by atoms with E-state index in [1.54, 1.807) is 0 Å². The van der Waals surface area contributed by atoms with Crippen LogP contribution in [-0.2, 0) is 17.8 Å². The summed E-state index contributed by atoms with van der Waals surface area (Å²) in [4.78, 5) is 15.5. The maximum Gasteiger partial charge on any atom is 0.407 e. The van der Waals surface area contributed by atoms with E-state index < -0.39 is 6.09 Å². The summed E-state index contributed by atoms with van der Waals surface area (Å²) in [5, 5.41) is 12.5. The van der Waals surface area contributed by atoms with Gasteiger partial charge in [0.25, 0.3) is 0 Å². The first kappa shape index (κ1) is 23.8. The monoisotopic (exact) mass is 499 g/mol. The lowest BCUT2D eigenvalue weighted by atomic mass is 9.79. The number of nitrogens with zero attached hydrogens (tertiary/aromatic N) is 2. The van der Waals surface area contributed by atoms with Crippen LogP contribution in [0.1, 0.15) is 64.3 Å². The minimum Gasteiger partial charge on any atom is -0.445 e. The smallest absolute Gasteiger partial charge is 0.407 e. The molecule has 5 heteroatoms. The van der Waals surface area contributed by atoms with Gasteiger partial charge in [-0.05, 0) is 59.2 Å². The van der Waals surface area contributed by atoms with Crippen molar-refractivity contribution in [2.45, 2.75) is 44.0 Å². The number of amides is 1. The normalized spacial score (nSPS) is 19.7. The Morgan fingerprint density at radius 3 is 2.32 bits per heavy atom. The summed E-state index contributed by atoms with van der Waals surface area (Å²) in [6, 6.07) is 37.0. The van der Waals surface area contributed by atoms with Gasteiger partial charge in [0.2, 0.25) is 0 Å². The van der Waals surface area contributed by atoms with Crippen LogP contribution in [0.4, 0.5) is 10.5 Å². The number of carbonyl (C=O) groups is 1. The maximum atomic E-state index is 13.0. The number of nitriles is 1. The van der Waals surface area contributed by atoms with E-state index in [0.29, 0.717) is 12.0 Å². The highest BCUT2D eigenvalue weighted by Crippen LogP contribution is 2.52. The summed E-state index contributed by atoms with van der Waals surface area (Å²) < 4.78 is 5.61. The Morgan fingerprint density at radius 1 is 0.868 bits per heavy atom. The minimum atomic E-state index is -0.418. The van der Waals surface area contributed by atoms with Gasteiger partial charge in [0.05, 0.1) is 29.8 Å². The molecule has 4 aromatic rings. The number of hydrogen-bond acceptors (Lipinski definition) is 4. The largest absolute Gasteiger partial charge is 0.445 e. The van der Waals surface area contributed by atoms with Gasteiger partial charge in [-0.3, -0.25) is 0 Å². The van der Waals surface area contributed by atoms with Crippen LogP contribution in [0.2, 0.25) is 0 Å². The van der Waals surface area contributed by atoms with Crippen LogP contribution >= 0.6 is 0 Å². The van der Waals surface area contributed by atoms with Gasteiger partial charge in [-0.1, -0.05) is 91.0 Å². The molecule has 1 N–H and O–H groups in total. The molecule has 3 atom stereocenters. The van der Waals surface area contributed by atoms with Crippen molar-refractivity contribution in [3.05, 3.63) is 137 Å². The van der Waals surface area contributed by atoms with Crippen LogP contribution in [0, 0.1) is 11.3 Å². The molecule has 0 radical (unpaired) electrons. The molecule has 6 rings (SSSR count). The lowest BCUT2D eigenvalue weighted by molar-refractivity contribution is 0.134. The molecule has 0 spiro atoms. The summed E-state index contributed by atoms with van der Waals surface area (Å²) in [5.74, 6) is 0. The van der Waals surface area contributed by atoms with E-state index >= 15 is 0 Å². The molecular weight excluding hydrogens is 470 g/mol. The zero-order valence-electron chi connectivity index (χ0n) is 21.1. The highest BCUT2D eigenvalue weighted by atomic mass is 16.5. The van der Waals surface area contributed by atoms with Crippen LogP contribution < -0.4 is 10.2 Å². The number of benzene rings is 4. The molecular formula is C33H29N3O2. The zero-order valence-corrected chi connectivity index (χ0v) is 21.1. The SMILES string of the molecule is N#Cc1ccc([C@@H]2C[C@H](NC(=O)OCc3ccccc3)c3cccc4c3N2[C@H](c2ccccc2)CC4)cc1. The molecule has 2 aliphatic rings. The highest BCUT2D eigenvalue weighted by molar-refractivity contribution is 5.72. The van der Waals surface area contributed by atoms with Crippen molar-refractivity contribution in [2.24, 2.45) is 0 Å². The van der Waals surface area contributed by atoms with Gasteiger partial charge < -0.3 is 15.0 Å². The Balaban J connectivity index is 1.37. The van der Waals surface area contributed by atoms with Crippen LogP contribution in [0.3, 0.4) is 0 Å². The van der Waals surface area contributed by atoms with Crippen molar-refractivity contribution in [2.75, 3.05) is 4.90 Å². The molecule has 0 aliphatic carbocycles. The summed E-state index contributed by atoms with van der Waals surface area (Å²) >= 11 is 0. The van der Waals surface area contributed by atoms with Crippen LogP contribution in [0.5, 0.6) is 0 Å². The van der Waals surface area contributed by atoms with Crippen molar-refractivity contribution in [1.82, 2.24) is 5.32 Å². The van der Waals surface area contributed by atoms with Crippen LogP contribution in [0.25, 0.3) is 0 Å². The third-order valence-corrected chi connectivity index (χ3v) is 7.72. The van der Waals surface area contributed by atoms with Gasteiger partial charge in [0.15, 0.2) is 0 Å². The average Bonchev–Trinajstić information content (AvgIpc) is 2.98. The quantitative estimate of drug-likeness (QED) is 0.316. The number of alkyl carbamates (subject to hydrolysis) is 1. The van der Waals surface area contributed by atoms with E-state index in [0.717, 1.165) is 29.5 Å². The number of anilines is 1. The van der Waals surface area contributed by atoms with Gasteiger partial charge in [0, 0.05) is 5.69 Å². The molecule has 2 aliphatic heterocycles. The second-order valence-corrected chi connectivity index (χ2v) is 9.97. The van der Waals surface area contributed by atoms with E-state index in [1.165, 1.54) is 16.8 Å². The highest BCUT2D eigenvalue weighted by Gasteiger charge is 2.41. The Kier molecular flexibility index (Phi) is 6.54. The first-order valence-electron chi connectivity index (χ1n) is 13.1. The minimum absolute atomic E-state index is 0.0290. The fraction of sp³-hybridized carbons (Fsp3) is 0.212. The van der Waals surface area contributed by atoms with Crippen molar-refractivity contribution < 1.29 is 9.53 Å². The number of carbonyl (C=O) groups excluding carboxylic acids is 1. The van der Waals surface area contributed by atoms with Crippen LogP contribution in [0.15, 0.2) is 103 Å². The van der Waals surface area contributed by atoms with Gasteiger partial charge in [-0.2, -0.15) is 5.26 Å². The van der Waals surface area contributed by atoms with Gasteiger partial charge in [0.1, 0.15) is 6.61 Å². The lowest BCUT2D eigenvalue weighted by Crippen LogP contribution is -2.44. The molecule has 38 heavy (non-hydrogen) atoms. The summed E-state index contributed by atoms with van der Waals surface area (Å²) in [6.45, 7) is 0.230. The number of para-hydroxylation sites is 1. The number of ether oxygens (including phenoxy) is 1. The predicted octanol–water partition coefficient (Wildman–Crippen LogP) is 7.16. The molecule has 0 aromatic heterocycles. The Bertz CT molecular complexity index is 1460. The molecule has 0 bridgehead atoms. The first-order valence-corrected chi connectivity index (χ1v) is 13.1. The van der Waals surface area contributed by atoms with E-state index in [1.807, 2.05) is 42.5 Å². The molecule has 2 heterocycles. The Labute approximate surface area is 223 Å². The number of hydrogen-bond donors (Lipinski definition) is 1. The zero-order chi connectivity index (χ0) is 25.9. The second-order valence-electron chi connectivity index (χ2n) is 9.97. The standard InChI is InChI=1S/C33H29N3O2/c34-21-23-14-16-26(17-15-23)31-20-29(35-33(37)38-22-24-8-3-1-4-9-24)28-13-7-12-27-18-19-30(36(31)32(27)28)25-10-5-2-6-11-25/h1-17,29-31H,18-20,22H2,(H,35,37)/t29-,30-,31-/m0/s1. The number of nitrogens with one attached hydrogen (secondary N) is 1. The van der Waals surface area contributed by atoms with Gasteiger partial charge >= 0.3 is 6.09 Å². The molecule has 5 nitrogen and oxygen atoms in total.